The van der Waals surface area contributed by atoms with Crippen LogP contribution in [-0.2, 0) is 16.2 Å². The van der Waals surface area contributed by atoms with Gasteiger partial charge in [-0.1, -0.05) is 132 Å². The quantitative estimate of drug-likeness (QED) is 0.107. The number of pyridine rings is 2. The second kappa shape index (κ2) is 24.0. The van der Waals surface area contributed by atoms with Gasteiger partial charge in [-0.15, -0.1) is 0 Å². The lowest BCUT2D eigenvalue weighted by molar-refractivity contribution is 0.101. The van der Waals surface area contributed by atoms with Gasteiger partial charge in [0.15, 0.2) is 0 Å². The molecule has 4 amide bonds. The van der Waals surface area contributed by atoms with E-state index >= 15 is 9.59 Å². The second-order valence-electron chi connectivity index (χ2n) is 28.6. The summed E-state index contributed by atoms with van der Waals surface area (Å²) in [6, 6.07) is 45.0. The topological polar surface area (TPSA) is 171 Å². The van der Waals surface area contributed by atoms with Gasteiger partial charge in [-0.05, 0) is 231 Å². The Morgan fingerprint density at radius 1 is 0.358 bits per heavy atom. The van der Waals surface area contributed by atoms with Crippen LogP contribution in [0.25, 0.3) is 55.4 Å². The predicted molar refractivity (Wildman–Crippen MR) is 386 cm³/mol. The first kappa shape index (κ1) is 62.4. The Balaban J connectivity index is 0.885. The zero-order valence-electron chi connectivity index (χ0n) is 56.4. The van der Waals surface area contributed by atoms with Crippen molar-refractivity contribution in [1.29, 1.82) is 0 Å². The summed E-state index contributed by atoms with van der Waals surface area (Å²) >= 11 is 0. The first-order chi connectivity index (χ1) is 45.5. The van der Waals surface area contributed by atoms with Gasteiger partial charge >= 0.3 is 0 Å². The van der Waals surface area contributed by atoms with Crippen molar-refractivity contribution < 1.29 is 19.2 Å². The number of aromatic nitrogens is 4. The van der Waals surface area contributed by atoms with Gasteiger partial charge in [-0.3, -0.25) is 29.1 Å². The number of rotatable bonds is 2. The number of hydrogen-bond acceptors (Lipinski definition) is 7. The monoisotopic (exact) mass is 1250 g/mol. The van der Waals surface area contributed by atoms with Crippen LogP contribution in [0.3, 0.4) is 0 Å². The van der Waals surface area contributed by atoms with Crippen LogP contribution >= 0.6 is 0 Å². The number of nitrogens with one attached hydrogen (secondary N) is 5. The largest absolute Gasteiger partial charge is 0.337 e. The van der Waals surface area contributed by atoms with Crippen LogP contribution in [0.5, 0.6) is 0 Å². The molecule has 8 aromatic carbocycles. The molecule has 0 unspecified atom stereocenters. The summed E-state index contributed by atoms with van der Waals surface area (Å²) < 4.78 is 0. The molecule has 23 rings (SSSR count). The van der Waals surface area contributed by atoms with Gasteiger partial charge in [0.05, 0.1) is 22.1 Å². The van der Waals surface area contributed by atoms with Gasteiger partial charge in [-0.25, -0.2) is 4.98 Å². The minimum absolute atomic E-state index is 0.279. The van der Waals surface area contributed by atoms with Crippen LogP contribution in [0.15, 0.2) is 146 Å². The lowest BCUT2D eigenvalue weighted by Crippen LogP contribution is -2.31. The van der Waals surface area contributed by atoms with Crippen molar-refractivity contribution in [2.45, 2.75) is 157 Å². The van der Waals surface area contributed by atoms with E-state index in [0.29, 0.717) is 33.6 Å². The average molecular weight is 1260 g/mol. The van der Waals surface area contributed by atoms with E-state index in [0.717, 1.165) is 181 Å². The van der Waals surface area contributed by atoms with E-state index in [4.69, 9.17) is 15.0 Å². The third-order valence-electron chi connectivity index (χ3n) is 21.0. The summed E-state index contributed by atoms with van der Waals surface area (Å²) in [4.78, 5) is 78.0. The maximum atomic E-state index is 15.2. The highest BCUT2D eigenvalue weighted by atomic mass is 16.2. The van der Waals surface area contributed by atoms with Crippen LogP contribution in [0.2, 0.25) is 0 Å². The van der Waals surface area contributed by atoms with Crippen molar-refractivity contribution >= 4 is 79.2 Å². The minimum atomic E-state index is -0.360. The molecule has 12 bridgehead atoms. The molecule has 2 aliphatic carbocycles. The van der Waals surface area contributed by atoms with Gasteiger partial charge in [0.2, 0.25) is 0 Å². The number of aryl methyl sites for hydroxylation is 8. The molecule has 5 N–H and O–H groups in total. The van der Waals surface area contributed by atoms with Crippen LogP contribution < -0.4 is 21.3 Å². The Hall–Kier alpha value is -10.1. The fraction of sp³-hybridized carbons (Fsp3) is 0.289. The Morgan fingerprint density at radius 3 is 1.05 bits per heavy atom. The fourth-order valence-corrected chi connectivity index (χ4v) is 16.0. The second-order valence-corrected chi connectivity index (χ2v) is 28.6. The third-order valence-corrected chi connectivity index (χ3v) is 21.0. The maximum Gasteiger partial charge on any atom is 0.255 e. The van der Waals surface area contributed by atoms with Crippen molar-refractivity contribution in [3.05, 3.63) is 240 Å². The van der Waals surface area contributed by atoms with E-state index in [1.165, 1.54) is 22.3 Å². The average Bonchev–Trinajstić information content (AvgIpc) is 1.71. The number of fused-ring (bicyclic) bond motifs is 6. The summed E-state index contributed by atoms with van der Waals surface area (Å²) in [6.45, 7) is 22.8. The molecule has 11 aromatic rings. The molecule has 10 aliphatic heterocycles. The van der Waals surface area contributed by atoms with Crippen molar-refractivity contribution in [3.8, 4) is 22.5 Å². The molecule has 0 atom stereocenters. The zero-order valence-corrected chi connectivity index (χ0v) is 56.4. The Bertz CT molecular complexity index is 4650. The number of carbonyl (C=O) groups is 4. The van der Waals surface area contributed by atoms with Crippen molar-refractivity contribution in [3.63, 3.8) is 0 Å². The number of benzene rings is 8. The molecule has 13 heterocycles. The highest BCUT2D eigenvalue weighted by Crippen LogP contribution is 2.50. The van der Waals surface area contributed by atoms with Gasteiger partial charge in [-0.2, -0.15) is 0 Å². The molecule has 3 aromatic heterocycles. The van der Waals surface area contributed by atoms with E-state index < -0.39 is 0 Å². The molecule has 478 valence electrons. The van der Waals surface area contributed by atoms with Gasteiger partial charge in [0, 0.05) is 84.6 Å². The van der Waals surface area contributed by atoms with E-state index in [9.17, 15) is 9.59 Å². The number of anilines is 4. The summed E-state index contributed by atoms with van der Waals surface area (Å²) in [7, 11) is 0. The van der Waals surface area contributed by atoms with E-state index in [1.807, 2.05) is 72.8 Å². The Kier molecular flexibility index (Phi) is 15.8. The number of amides is 4. The standard InChI is InChI=1S/C83H82N8O4/c1-46-32-62-33-47(2)68(46)88-77(92)57-40-56(54-22-24-55(25-23-54)76-86-74-66-20-18-30-84-72(66)73-67(75(74)87-76)21-19-31-85-73)41-58(42-57)78(93)89-69-48(3)34-63(35-49(69)4)83(28-16-13-17-29-83)65-38-52(7)71(53(8)39-65)91-80(95)60-43-59(44-61(45-60)81(9,10)11)79(94)90-70-50(5)36-64(37-51(70)6)82(62)26-14-12-15-27-82/h18-25,30-45H,12-17,26-29H2,1-11H3,(H,86,87)(H,88,92)(H,89,93)(H,90,94)(H,91,95). The molecule has 2 saturated carbocycles. The van der Waals surface area contributed by atoms with Gasteiger partial charge in [0.25, 0.3) is 23.6 Å². The minimum Gasteiger partial charge on any atom is -0.337 e. The summed E-state index contributed by atoms with van der Waals surface area (Å²) in [5.74, 6) is -0.531. The highest BCUT2D eigenvalue weighted by Gasteiger charge is 2.39. The number of carbonyl (C=O) groups excluding carboxylic acids is 4. The molecular weight excluding hydrogens is 1170 g/mol. The van der Waals surface area contributed by atoms with Crippen molar-refractivity contribution in [1.82, 2.24) is 19.9 Å². The third kappa shape index (κ3) is 11.2. The molecule has 0 saturated heterocycles. The lowest BCUT2D eigenvalue weighted by atomic mass is 9.64. The number of aromatic amines is 1. The zero-order chi connectivity index (χ0) is 66.4. The first-order valence-corrected chi connectivity index (χ1v) is 33.7. The molecule has 2 spiro atoms. The van der Waals surface area contributed by atoms with Gasteiger partial charge in [0.1, 0.15) is 5.82 Å². The van der Waals surface area contributed by atoms with E-state index in [-0.39, 0.29) is 39.9 Å². The van der Waals surface area contributed by atoms with E-state index in [2.05, 4.69) is 151 Å². The van der Waals surface area contributed by atoms with E-state index in [1.54, 1.807) is 24.5 Å². The molecular formula is C83H82N8O4. The normalized spacial score (nSPS) is 15.9. The van der Waals surface area contributed by atoms with Crippen molar-refractivity contribution in [2.24, 2.45) is 0 Å². The summed E-state index contributed by atoms with van der Waals surface area (Å²) in [6.07, 6.45) is 13.9. The molecule has 2 fully saturated rings. The lowest BCUT2D eigenvalue weighted by Gasteiger charge is -2.40. The number of nitrogens with zero attached hydrogens (tertiary/aromatic N) is 3. The van der Waals surface area contributed by atoms with Crippen LogP contribution in [0, 0.1) is 55.4 Å². The first-order valence-electron chi connectivity index (χ1n) is 33.7. The van der Waals surface area contributed by atoms with Crippen LogP contribution in [-0.4, -0.2) is 43.6 Å². The van der Waals surface area contributed by atoms with Crippen molar-refractivity contribution in [2.75, 3.05) is 21.3 Å². The fourth-order valence-electron chi connectivity index (χ4n) is 16.0. The van der Waals surface area contributed by atoms with Crippen LogP contribution in [0.1, 0.15) is 199 Å². The maximum absolute atomic E-state index is 15.2. The molecule has 12 heteroatoms. The molecule has 12 aliphatic rings. The Labute approximate surface area is 556 Å². The van der Waals surface area contributed by atoms with Crippen LogP contribution in [0.4, 0.5) is 22.7 Å². The highest BCUT2D eigenvalue weighted by molar-refractivity contribution is 6.21. The number of H-pyrrole nitrogens is 1. The smallest absolute Gasteiger partial charge is 0.255 e. The molecule has 95 heavy (non-hydrogen) atoms. The number of hydrogen-bond donors (Lipinski definition) is 5. The predicted octanol–water partition coefficient (Wildman–Crippen LogP) is 19.6. The molecule has 0 radical (unpaired) electrons. The summed E-state index contributed by atoms with van der Waals surface area (Å²) in [5.41, 5.74) is 22.3. The SMILES string of the molecule is Cc1cc2cc(C)c1NC(=O)c1cc(cc(-c3ccc(-c4nc5c6cccnc6c6ncccc6c5[nH]4)cc3)c1)C(=O)Nc1c(C)cc(cc1C)C1(CCCCC1)c1cc(C)c(c(C)c1)NC(=O)c1cc(cc(C(C)(C)C)c1)C(=O)Nc1c(C)cc(cc1C)C21CCCCC1. The molecule has 12 nitrogen and oxygen atoms in total. The number of imidazole rings is 1. The Morgan fingerprint density at radius 2 is 0.684 bits per heavy atom. The van der Waals surface area contributed by atoms with Gasteiger partial charge < -0.3 is 26.3 Å². The summed E-state index contributed by atoms with van der Waals surface area (Å²) in [5, 5.41) is 15.2.